The Bertz CT molecular complexity index is 3040. The zero-order valence-corrected chi connectivity index (χ0v) is 35.9. The van der Waals surface area contributed by atoms with E-state index in [0.29, 0.717) is 5.56 Å². The van der Waals surface area contributed by atoms with E-state index in [0.717, 1.165) is 38.8 Å². The largest absolute Gasteiger partial charge is 0.505 e. The van der Waals surface area contributed by atoms with Gasteiger partial charge in [0.2, 0.25) is 0 Å². The number of fused-ring (bicyclic) bond motifs is 2. The van der Waals surface area contributed by atoms with Gasteiger partial charge in [0.05, 0.1) is 31.7 Å². The van der Waals surface area contributed by atoms with Crippen molar-refractivity contribution < 1.29 is 15.0 Å². The quantitative estimate of drug-likeness (QED) is 0.0685. The van der Waals surface area contributed by atoms with Crippen LogP contribution in [-0.2, 0) is 39.0 Å². The van der Waals surface area contributed by atoms with E-state index in [-0.39, 0.29) is 61.1 Å². The standard InChI is InChI=1S/C33H39N5O5.C10H10N4O4/c1-31(2,3)19-32(4,5)21-15-23(33(6,7)20-13-11-10-12-14-20)28(39)25(16-21)35-34-24-18-26-22(17-27(24)38(42)43)29(40)37(9)30(41)36(26)8;1-12-7-4-6(11)8(14(17)18)3-5(7)9(15)13(2)10(12)16/h10-18,39H,19H2,1-9H3;3-4H,11H2,1-2H3. The summed E-state index contributed by atoms with van der Waals surface area (Å²) in [5, 5.41) is 43.1. The van der Waals surface area contributed by atoms with Crippen LogP contribution in [0.5, 0.6) is 5.75 Å². The number of phenols is 1. The molecule has 0 unspecified atom stereocenters. The van der Waals surface area contributed by atoms with Crippen LogP contribution >= 0.6 is 0 Å². The van der Waals surface area contributed by atoms with Crippen molar-refractivity contribution in [1.29, 1.82) is 0 Å². The van der Waals surface area contributed by atoms with Gasteiger partial charge in [-0.2, -0.15) is 0 Å². The highest BCUT2D eigenvalue weighted by atomic mass is 16.6. The molecule has 0 fully saturated rings. The van der Waals surface area contributed by atoms with Crippen LogP contribution in [0.15, 0.2) is 96.1 Å². The topological polar surface area (TPSA) is 245 Å². The smallest absolute Gasteiger partial charge is 0.330 e. The molecule has 0 aliphatic carbocycles. The normalized spacial score (nSPS) is 12.2. The van der Waals surface area contributed by atoms with Crippen LogP contribution in [0.3, 0.4) is 0 Å². The minimum Gasteiger partial charge on any atom is -0.505 e. The first-order valence-electron chi connectivity index (χ1n) is 19.1. The lowest BCUT2D eigenvalue weighted by atomic mass is 9.70. The van der Waals surface area contributed by atoms with Crippen molar-refractivity contribution in [1.82, 2.24) is 18.3 Å². The van der Waals surface area contributed by atoms with Crippen molar-refractivity contribution in [2.45, 2.75) is 65.7 Å². The minimum absolute atomic E-state index is 0.0101. The third-order valence-corrected chi connectivity index (χ3v) is 10.8. The molecule has 18 nitrogen and oxygen atoms in total. The van der Waals surface area contributed by atoms with E-state index in [9.17, 15) is 44.5 Å². The van der Waals surface area contributed by atoms with Crippen molar-refractivity contribution in [3.63, 3.8) is 0 Å². The van der Waals surface area contributed by atoms with E-state index in [1.807, 2.05) is 50.2 Å². The van der Waals surface area contributed by atoms with E-state index in [4.69, 9.17) is 5.73 Å². The van der Waals surface area contributed by atoms with Crippen molar-refractivity contribution in [3.8, 4) is 5.75 Å². The van der Waals surface area contributed by atoms with Crippen molar-refractivity contribution in [2.24, 2.45) is 43.8 Å². The fraction of sp³-hybridized carbons (Fsp3) is 0.349. The molecule has 0 atom stereocenters. The van der Waals surface area contributed by atoms with Gasteiger partial charge in [0.15, 0.2) is 5.69 Å². The molecule has 6 rings (SSSR count). The molecule has 0 saturated carbocycles. The Kier molecular flexibility index (Phi) is 11.8. The monoisotopic (exact) mass is 835 g/mol. The van der Waals surface area contributed by atoms with Gasteiger partial charge in [-0.1, -0.05) is 84.9 Å². The van der Waals surface area contributed by atoms with E-state index in [1.54, 1.807) is 6.07 Å². The Hall–Kier alpha value is -7.24. The van der Waals surface area contributed by atoms with Gasteiger partial charge < -0.3 is 10.8 Å². The van der Waals surface area contributed by atoms with Gasteiger partial charge in [-0.3, -0.25) is 48.1 Å². The number of aromatic nitrogens is 4. The molecule has 4 aromatic carbocycles. The molecule has 0 amide bonds. The molecule has 0 aliphatic heterocycles. The van der Waals surface area contributed by atoms with Crippen LogP contribution in [0.4, 0.5) is 28.4 Å². The summed E-state index contributed by atoms with van der Waals surface area (Å²) in [7, 11) is 5.57. The Labute approximate surface area is 349 Å². The average Bonchev–Trinajstić information content (AvgIpc) is 3.19. The number of nitro groups is 2. The highest BCUT2D eigenvalue weighted by Crippen LogP contribution is 2.47. The van der Waals surface area contributed by atoms with E-state index in [1.165, 1.54) is 49.5 Å². The van der Waals surface area contributed by atoms with E-state index < -0.39 is 43.4 Å². The fourth-order valence-corrected chi connectivity index (χ4v) is 7.74. The summed E-state index contributed by atoms with van der Waals surface area (Å²) in [4.78, 5) is 70.3. The molecule has 320 valence electrons. The lowest BCUT2D eigenvalue weighted by Gasteiger charge is -2.35. The van der Waals surface area contributed by atoms with Crippen molar-refractivity contribution in [3.05, 3.63) is 145 Å². The number of hydrogen-bond donors (Lipinski definition) is 2. The zero-order chi connectivity index (χ0) is 45.7. The number of aromatic hydroxyl groups is 1. The number of nitrogens with zero attached hydrogens (tertiary/aromatic N) is 8. The minimum atomic E-state index is -0.667. The van der Waals surface area contributed by atoms with Gasteiger partial charge in [-0.25, -0.2) is 9.59 Å². The highest BCUT2D eigenvalue weighted by Gasteiger charge is 2.33. The molecule has 2 aromatic heterocycles. The number of azo groups is 1. The molecule has 0 aliphatic rings. The van der Waals surface area contributed by atoms with Crippen LogP contribution in [0, 0.1) is 25.6 Å². The predicted octanol–water partition coefficient (Wildman–Crippen LogP) is 7.03. The van der Waals surface area contributed by atoms with Crippen LogP contribution < -0.4 is 28.2 Å². The Morgan fingerprint density at radius 3 is 1.61 bits per heavy atom. The molecule has 61 heavy (non-hydrogen) atoms. The van der Waals surface area contributed by atoms with Gasteiger partial charge in [-0.15, -0.1) is 10.2 Å². The summed E-state index contributed by atoms with van der Waals surface area (Å²) < 4.78 is 4.23. The number of nitro benzene ring substituents is 2. The Morgan fingerprint density at radius 2 is 1.11 bits per heavy atom. The fourth-order valence-electron chi connectivity index (χ4n) is 7.74. The Morgan fingerprint density at radius 1 is 0.639 bits per heavy atom. The SMILES string of the molecule is Cn1c(=O)c2cc([N+](=O)[O-])c(N)cc2n(C)c1=O.Cn1c(=O)c2cc([N+](=O)[O-])c(N=Nc3cc(C(C)(C)CC(C)(C)C)cc(C(C)(C)c4ccccc4)c3O)cc2n(C)c1=O. The number of benzene rings is 4. The van der Waals surface area contributed by atoms with Gasteiger partial charge in [0.1, 0.15) is 17.1 Å². The summed E-state index contributed by atoms with van der Waals surface area (Å²) in [6.07, 6.45) is 0.839. The lowest BCUT2D eigenvalue weighted by Crippen LogP contribution is -2.37. The van der Waals surface area contributed by atoms with Gasteiger partial charge >= 0.3 is 11.4 Å². The summed E-state index contributed by atoms with van der Waals surface area (Å²) in [5.41, 5.74) is 4.44. The summed E-state index contributed by atoms with van der Waals surface area (Å²) >= 11 is 0. The van der Waals surface area contributed by atoms with Crippen molar-refractivity contribution >= 4 is 50.2 Å². The second kappa shape index (κ2) is 16.1. The molecular weight excluding hydrogens is 787 g/mol. The van der Waals surface area contributed by atoms with E-state index in [2.05, 4.69) is 44.8 Å². The number of phenolic OH excluding ortho intramolecular Hbond substituents is 1. The number of nitrogen functional groups attached to an aromatic ring is 1. The molecule has 3 N–H and O–H groups in total. The molecule has 18 heteroatoms. The molecule has 0 spiro atoms. The number of aryl methyl sites for hydroxylation is 2. The van der Waals surface area contributed by atoms with Crippen molar-refractivity contribution in [2.75, 3.05) is 5.73 Å². The number of nitrogens with two attached hydrogens (primary N) is 1. The number of hydrogen-bond acceptors (Lipinski definition) is 12. The van der Waals surface area contributed by atoms with E-state index >= 15 is 0 Å². The Balaban J connectivity index is 0.000000325. The maximum Gasteiger partial charge on any atom is 0.330 e. The zero-order valence-electron chi connectivity index (χ0n) is 35.9. The average molecular weight is 836 g/mol. The number of anilines is 1. The van der Waals surface area contributed by atoms with Gasteiger partial charge in [0.25, 0.3) is 22.5 Å². The molecular formula is C43H49N9O9. The summed E-state index contributed by atoms with van der Waals surface area (Å²) in [5.74, 6) is -0.0855. The lowest BCUT2D eigenvalue weighted by molar-refractivity contribution is -0.384. The third-order valence-electron chi connectivity index (χ3n) is 10.8. The second-order valence-corrected chi connectivity index (χ2v) is 17.4. The maximum atomic E-state index is 12.7. The third kappa shape index (κ3) is 8.60. The molecule has 0 bridgehead atoms. The van der Waals surface area contributed by atoms with Gasteiger partial charge in [-0.05, 0) is 46.6 Å². The maximum absolute atomic E-state index is 12.7. The summed E-state index contributed by atoms with van der Waals surface area (Å²) in [6, 6.07) is 18.4. The first-order valence-corrected chi connectivity index (χ1v) is 19.1. The molecule has 0 saturated heterocycles. The number of rotatable bonds is 8. The first-order chi connectivity index (χ1) is 28.2. The predicted molar refractivity (Wildman–Crippen MR) is 235 cm³/mol. The van der Waals surface area contributed by atoms with Gasteiger partial charge in [0, 0.05) is 51.3 Å². The molecule has 6 aromatic rings. The van der Waals surface area contributed by atoms with Crippen LogP contribution in [0.1, 0.15) is 71.6 Å². The van der Waals surface area contributed by atoms with Crippen LogP contribution in [0.2, 0.25) is 0 Å². The second-order valence-electron chi connectivity index (χ2n) is 17.4. The molecule has 0 radical (unpaired) electrons. The molecule has 2 heterocycles. The summed E-state index contributed by atoms with van der Waals surface area (Å²) in [6.45, 7) is 14.8. The van der Waals surface area contributed by atoms with Crippen LogP contribution in [0.25, 0.3) is 21.8 Å². The first kappa shape index (κ1) is 44.9. The van der Waals surface area contributed by atoms with Crippen LogP contribution in [-0.4, -0.2) is 33.2 Å². The highest BCUT2D eigenvalue weighted by molar-refractivity contribution is 5.87.